The van der Waals surface area contributed by atoms with Crippen molar-refractivity contribution >= 4 is 17.4 Å². The van der Waals surface area contributed by atoms with Crippen molar-refractivity contribution in [2.24, 2.45) is 0 Å². The fourth-order valence-electron chi connectivity index (χ4n) is 1.40. The van der Waals surface area contributed by atoms with Gasteiger partial charge in [-0.15, -0.1) is 11.3 Å². The zero-order valence-corrected chi connectivity index (χ0v) is 12.0. The van der Waals surface area contributed by atoms with Gasteiger partial charge in [0.1, 0.15) is 5.01 Å². The molecule has 0 fully saturated rings. The molecule has 0 aliphatic carbocycles. The third kappa shape index (κ3) is 5.46. The molecule has 2 N–H and O–H groups in total. The lowest BCUT2D eigenvalue weighted by molar-refractivity contribution is 0.145. The lowest BCUT2D eigenvalue weighted by Gasteiger charge is -2.12. The highest BCUT2D eigenvalue weighted by Crippen LogP contribution is 2.16. The molecule has 1 unspecified atom stereocenters. The predicted octanol–water partition coefficient (Wildman–Crippen LogP) is 2.24. The summed E-state index contributed by atoms with van der Waals surface area (Å²) in [5.74, 6) is 0. The molecule has 1 aromatic rings. The van der Waals surface area contributed by atoms with E-state index < -0.39 is 0 Å². The molecule has 1 heterocycles. The minimum Gasteiger partial charge on any atom is -0.382 e. The van der Waals surface area contributed by atoms with Crippen LogP contribution in [0.3, 0.4) is 0 Å². The van der Waals surface area contributed by atoms with Crippen LogP contribution < -0.4 is 10.6 Å². The van der Waals surface area contributed by atoms with E-state index in [-0.39, 0.29) is 12.1 Å². The van der Waals surface area contributed by atoms with Gasteiger partial charge in [0, 0.05) is 30.8 Å². The van der Waals surface area contributed by atoms with E-state index in [2.05, 4.69) is 15.6 Å². The maximum absolute atomic E-state index is 11.6. The number of urea groups is 1. The Morgan fingerprint density at radius 1 is 1.61 bits per heavy atom. The molecule has 0 spiro atoms. The van der Waals surface area contributed by atoms with Gasteiger partial charge in [0.25, 0.3) is 0 Å². The Kier molecular flexibility index (Phi) is 6.67. The van der Waals surface area contributed by atoms with Crippen molar-refractivity contribution in [3.63, 3.8) is 0 Å². The van der Waals surface area contributed by atoms with E-state index in [9.17, 15) is 4.79 Å². The Morgan fingerprint density at radius 3 is 3.00 bits per heavy atom. The van der Waals surface area contributed by atoms with E-state index >= 15 is 0 Å². The van der Waals surface area contributed by atoms with Gasteiger partial charge >= 0.3 is 6.03 Å². The second-order valence-electron chi connectivity index (χ2n) is 4.00. The van der Waals surface area contributed by atoms with Gasteiger partial charge in [0.15, 0.2) is 0 Å². The number of nitrogens with one attached hydrogen (secondary N) is 2. The van der Waals surface area contributed by atoms with Gasteiger partial charge in [-0.05, 0) is 27.2 Å². The van der Waals surface area contributed by atoms with Gasteiger partial charge in [-0.3, -0.25) is 0 Å². The molecule has 0 radical (unpaired) electrons. The maximum atomic E-state index is 11.6. The summed E-state index contributed by atoms with van der Waals surface area (Å²) < 4.78 is 5.19. The molecule has 0 aliphatic heterocycles. The number of rotatable bonds is 7. The fraction of sp³-hybridized carbons (Fsp3) is 0.667. The summed E-state index contributed by atoms with van der Waals surface area (Å²) >= 11 is 1.56. The van der Waals surface area contributed by atoms with E-state index in [1.807, 2.05) is 26.2 Å². The van der Waals surface area contributed by atoms with Crippen LogP contribution in [0.5, 0.6) is 0 Å². The highest BCUT2D eigenvalue weighted by Gasteiger charge is 2.11. The Hall–Kier alpha value is -1.14. The van der Waals surface area contributed by atoms with Gasteiger partial charge in [-0.2, -0.15) is 0 Å². The van der Waals surface area contributed by atoms with E-state index in [1.165, 1.54) is 0 Å². The molecular formula is C12H21N3O2S. The molecule has 18 heavy (non-hydrogen) atoms. The summed E-state index contributed by atoms with van der Waals surface area (Å²) in [7, 11) is 0. The molecule has 2 amide bonds. The largest absolute Gasteiger partial charge is 0.382 e. The number of aromatic nitrogens is 1. The van der Waals surface area contributed by atoms with Gasteiger partial charge < -0.3 is 15.4 Å². The fourth-order valence-corrected chi connectivity index (χ4v) is 2.20. The topological polar surface area (TPSA) is 63.2 Å². The lowest BCUT2D eigenvalue weighted by Crippen LogP contribution is -2.37. The molecule has 1 aromatic heterocycles. The highest BCUT2D eigenvalue weighted by molar-refractivity contribution is 7.09. The number of ether oxygens (including phenoxy) is 1. The molecule has 1 atom stereocenters. The number of aryl methyl sites for hydroxylation is 1. The van der Waals surface area contributed by atoms with Crippen molar-refractivity contribution in [2.75, 3.05) is 19.8 Å². The van der Waals surface area contributed by atoms with Crippen LogP contribution in [0.4, 0.5) is 4.79 Å². The van der Waals surface area contributed by atoms with Crippen LogP contribution >= 0.6 is 11.3 Å². The van der Waals surface area contributed by atoms with Crippen LogP contribution in [-0.4, -0.2) is 30.8 Å². The molecule has 0 aromatic carbocycles. The predicted molar refractivity (Wildman–Crippen MR) is 72.9 cm³/mol. The summed E-state index contributed by atoms with van der Waals surface area (Å²) in [6.45, 7) is 7.84. The van der Waals surface area contributed by atoms with E-state index in [4.69, 9.17) is 4.74 Å². The Bertz CT molecular complexity index is 368. The first-order valence-corrected chi connectivity index (χ1v) is 7.05. The summed E-state index contributed by atoms with van der Waals surface area (Å²) in [4.78, 5) is 15.9. The zero-order valence-electron chi connectivity index (χ0n) is 11.2. The summed E-state index contributed by atoms with van der Waals surface area (Å²) in [5, 5.41) is 8.56. The van der Waals surface area contributed by atoms with Crippen molar-refractivity contribution in [3.05, 3.63) is 16.1 Å². The average Bonchev–Trinajstić information content (AvgIpc) is 2.75. The number of nitrogens with zero attached hydrogens (tertiary/aromatic N) is 1. The first kappa shape index (κ1) is 14.9. The summed E-state index contributed by atoms with van der Waals surface area (Å²) in [5.41, 5.74) is 0.987. The molecule has 5 nitrogen and oxygen atoms in total. The standard InChI is InChI=1S/C12H21N3O2S/c1-4-17-7-5-6-13-12(16)15-10(3)11-14-9(2)8-18-11/h8,10H,4-7H2,1-3H3,(H2,13,15,16). The molecule has 1 rings (SSSR count). The van der Waals surface area contributed by atoms with Crippen molar-refractivity contribution in [1.29, 1.82) is 0 Å². The maximum Gasteiger partial charge on any atom is 0.315 e. The number of carbonyl (C=O) groups excluding carboxylic acids is 1. The van der Waals surface area contributed by atoms with Crippen LogP contribution in [0, 0.1) is 6.92 Å². The monoisotopic (exact) mass is 271 g/mol. The first-order valence-electron chi connectivity index (χ1n) is 6.17. The van der Waals surface area contributed by atoms with Gasteiger partial charge in [-0.1, -0.05) is 0 Å². The van der Waals surface area contributed by atoms with Crippen LogP contribution in [-0.2, 0) is 4.74 Å². The first-order chi connectivity index (χ1) is 8.63. The van der Waals surface area contributed by atoms with Crippen molar-refractivity contribution in [1.82, 2.24) is 15.6 Å². The van der Waals surface area contributed by atoms with E-state index in [0.717, 1.165) is 17.1 Å². The highest BCUT2D eigenvalue weighted by atomic mass is 32.1. The normalized spacial score (nSPS) is 12.2. The zero-order chi connectivity index (χ0) is 13.4. The lowest BCUT2D eigenvalue weighted by atomic mass is 10.3. The molecule has 6 heteroatoms. The van der Waals surface area contributed by atoms with Gasteiger partial charge in [-0.25, -0.2) is 9.78 Å². The second kappa shape index (κ2) is 8.05. The van der Waals surface area contributed by atoms with Crippen molar-refractivity contribution < 1.29 is 9.53 Å². The summed E-state index contributed by atoms with van der Waals surface area (Å²) in [6.07, 6.45) is 0.825. The molecule has 0 saturated heterocycles. The second-order valence-corrected chi connectivity index (χ2v) is 4.89. The third-order valence-electron chi connectivity index (χ3n) is 2.31. The Morgan fingerprint density at radius 2 is 2.39 bits per heavy atom. The third-order valence-corrected chi connectivity index (χ3v) is 3.46. The van der Waals surface area contributed by atoms with Crippen LogP contribution in [0.2, 0.25) is 0 Å². The van der Waals surface area contributed by atoms with Gasteiger partial charge in [0.05, 0.1) is 6.04 Å². The van der Waals surface area contributed by atoms with E-state index in [1.54, 1.807) is 11.3 Å². The quantitative estimate of drug-likeness (QED) is 0.748. The minimum atomic E-state index is -0.160. The molecular weight excluding hydrogens is 250 g/mol. The molecule has 102 valence electrons. The average molecular weight is 271 g/mol. The Balaban J connectivity index is 2.19. The number of thiazole rings is 1. The van der Waals surface area contributed by atoms with Gasteiger partial charge in [0.2, 0.25) is 0 Å². The molecule has 0 bridgehead atoms. The summed E-state index contributed by atoms with van der Waals surface area (Å²) in [6, 6.07) is -0.220. The van der Waals surface area contributed by atoms with Crippen LogP contribution in [0.25, 0.3) is 0 Å². The SMILES string of the molecule is CCOCCCNC(=O)NC(C)c1nc(C)cs1. The van der Waals surface area contributed by atoms with Crippen molar-refractivity contribution in [2.45, 2.75) is 33.2 Å². The molecule has 0 aliphatic rings. The number of hydrogen-bond acceptors (Lipinski definition) is 4. The minimum absolute atomic E-state index is 0.0596. The molecule has 0 saturated carbocycles. The number of hydrogen-bond donors (Lipinski definition) is 2. The Labute approximate surface area is 112 Å². The number of carbonyl (C=O) groups is 1. The smallest absolute Gasteiger partial charge is 0.315 e. The number of amides is 2. The van der Waals surface area contributed by atoms with Crippen molar-refractivity contribution in [3.8, 4) is 0 Å². The van der Waals surface area contributed by atoms with Crippen LogP contribution in [0.1, 0.15) is 37.0 Å². The van der Waals surface area contributed by atoms with E-state index in [0.29, 0.717) is 19.8 Å². The van der Waals surface area contributed by atoms with Crippen LogP contribution in [0.15, 0.2) is 5.38 Å².